The maximum Gasteiger partial charge on any atom is 0.255 e. The molecular weight excluding hydrogens is 372 g/mol. The Balaban J connectivity index is 1.40. The molecule has 5 nitrogen and oxygen atoms in total. The van der Waals surface area contributed by atoms with Gasteiger partial charge in [0.1, 0.15) is 0 Å². The van der Waals surface area contributed by atoms with E-state index in [0.717, 1.165) is 0 Å². The van der Waals surface area contributed by atoms with Gasteiger partial charge in [-0.05, 0) is 67.1 Å². The smallest absolute Gasteiger partial charge is 0.255 e. The number of carbonyl (C=O) groups is 1. The fourth-order valence-electron chi connectivity index (χ4n) is 4.19. The van der Waals surface area contributed by atoms with Gasteiger partial charge in [0, 0.05) is 17.8 Å². The summed E-state index contributed by atoms with van der Waals surface area (Å²) in [6.45, 7) is 0.515. The topological polar surface area (TPSA) is 66.5 Å². The fraction of sp³-hybridized carbons (Fsp3) is 0.409. The van der Waals surface area contributed by atoms with E-state index < -0.39 is 10.0 Å². The lowest BCUT2D eigenvalue weighted by molar-refractivity contribution is 0.102. The molecule has 1 saturated carbocycles. The first-order valence-corrected chi connectivity index (χ1v) is 11.7. The average Bonchev–Trinajstić information content (AvgIpc) is 3.08. The van der Waals surface area contributed by atoms with Crippen molar-refractivity contribution < 1.29 is 13.2 Å². The van der Waals surface area contributed by atoms with E-state index in [1.165, 1.54) is 42.0 Å². The maximum absolute atomic E-state index is 12.5. The number of benzene rings is 2. The van der Waals surface area contributed by atoms with Crippen molar-refractivity contribution in [2.75, 3.05) is 21.9 Å². The summed E-state index contributed by atoms with van der Waals surface area (Å²) in [5.41, 5.74) is 3.26. The molecule has 2 aliphatic rings. The monoisotopic (exact) mass is 398 g/mol. The Morgan fingerprint density at radius 2 is 1.57 bits per heavy atom. The second kappa shape index (κ2) is 7.95. The Hall–Kier alpha value is -2.34. The highest BCUT2D eigenvalue weighted by atomic mass is 32.2. The summed E-state index contributed by atoms with van der Waals surface area (Å²) < 4.78 is 25.4. The Bertz CT molecular complexity index is 931. The van der Waals surface area contributed by atoms with Gasteiger partial charge in [-0.15, -0.1) is 0 Å². The van der Waals surface area contributed by atoms with Gasteiger partial charge < -0.3 is 5.32 Å². The van der Waals surface area contributed by atoms with Gasteiger partial charge in [0.2, 0.25) is 10.0 Å². The summed E-state index contributed by atoms with van der Waals surface area (Å²) in [7, 11) is -3.19. The van der Waals surface area contributed by atoms with Crippen molar-refractivity contribution in [3.8, 4) is 0 Å². The Kier molecular flexibility index (Phi) is 5.40. The van der Waals surface area contributed by atoms with E-state index in [1.807, 2.05) is 12.1 Å². The van der Waals surface area contributed by atoms with Crippen LogP contribution >= 0.6 is 0 Å². The predicted octanol–water partition coefficient (Wildman–Crippen LogP) is 4.53. The van der Waals surface area contributed by atoms with Crippen molar-refractivity contribution in [2.45, 2.75) is 44.4 Å². The third-order valence-electron chi connectivity index (χ3n) is 5.76. The molecule has 1 aliphatic carbocycles. The molecule has 0 atom stereocenters. The number of anilines is 2. The van der Waals surface area contributed by atoms with Gasteiger partial charge in [-0.1, -0.05) is 31.4 Å². The van der Waals surface area contributed by atoms with Gasteiger partial charge in [-0.3, -0.25) is 9.10 Å². The molecule has 2 fully saturated rings. The van der Waals surface area contributed by atoms with E-state index in [9.17, 15) is 13.2 Å². The third-order valence-corrected chi connectivity index (χ3v) is 7.63. The van der Waals surface area contributed by atoms with Crippen LogP contribution in [0, 0.1) is 0 Å². The Morgan fingerprint density at radius 3 is 2.18 bits per heavy atom. The van der Waals surface area contributed by atoms with Crippen molar-refractivity contribution >= 4 is 27.3 Å². The van der Waals surface area contributed by atoms with Gasteiger partial charge in [0.25, 0.3) is 5.91 Å². The molecule has 1 N–H and O–H groups in total. The van der Waals surface area contributed by atoms with Crippen LogP contribution in [0.3, 0.4) is 0 Å². The first-order chi connectivity index (χ1) is 13.5. The maximum atomic E-state index is 12.5. The number of nitrogens with zero attached hydrogens (tertiary/aromatic N) is 1. The third kappa shape index (κ3) is 4.07. The molecule has 1 amide bonds. The highest BCUT2D eigenvalue weighted by Gasteiger charge is 2.28. The second-order valence-electron chi connectivity index (χ2n) is 7.70. The van der Waals surface area contributed by atoms with Crippen LogP contribution in [0.15, 0.2) is 48.5 Å². The minimum Gasteiger partial charge on any atom is -0.322 e. The van der Waals surface area contributed by atoms with E-state index in [2.05, 4.69) is 17.4 Å². The van der Waals surface area contributed by atoms with Crippen molar-refractivity contribution in [1.29, 1.82) is 0 Å². The van der Waals surface area contributed by atoms with Crippen LogP contribution in [-0.2, 0) is 10.0 Å². The van der Waals surface area contributed by atoms with E-state index >= 15 is 0 Å². The van der Waals surface area contributed by atoms with E-state index in [4.69, 9.17) is 0 Å². The van der Waals surface area contributed by atoms with E-state index in [1.54, 1.807) is 24.3 Å². The second-order valence-corrected chi connectivity index (χ2v) is 9.71. The highest BCUT2D eigenvalue weighted by molar-refractivity contribution is 7.93. The number of hydrogen-bond acceptors (Lipinski definition) is 3. The molecule has 0 radical (unpaired) electrons. The zero-order chi connectivity index (χ0) is 19.6. The van der Waals surface area contributed by atoms with Gasteiger partial charge in [-0.25, -0.2) is 8.42 Å². The molecule has 0 aromatic heterocycles. The minimum atomic E-state index is -3.19. The molecule has 2 aromatic carbocycles. The number of sulfonamides is 1. The van der Waals surface area contributed by atoms with Gasteiger partial charge in [0.05, 0.1) is 11.4 Å². The van der Waals surface area contributed by atoms with Crippen LogP contribution in [0.2, 0.25) is 0 Å². The van der Waals surface area contributed by atoms with Crippen LogP contribution in [0.1, 0.15) is 60.4 Å². The molecule has 28 heavy (non-hydrogen) atoms. The van der Waals surface area contributed by atoms with Crippen LogP contribution in [0.5, 0.6) is 0 Å². The van der Waals surface area contributed by atoms with Crippen molar-refractivity contribution in [2.24, 2.45) is 0 Å². The standard InChI is InChI=1S/C22H26N2O3S/c25-22(19-9-7-18(8-10-19)17-5-2-1-3-6-17)23-20-11-13-21(14-12-20)24-15-4-16-28(24,26)27/h7-14,17H,1-6,15-16H2,(H,23,25). The predicted molar refractivity (Wildman–Crippen MR) is 112 cm³/mol. The highest BCUT2D eigenvalue weighted by Crippen LogP contribution is 2.32. The Morgan fingerprint density at radius 1 is 0.893 bits per heavy atom. The molecule has 0 unspecified atom stereocenters. The SMILES string of the molecule is O=C(Nc1ccc(N2CCCS2(=O)=O)cc1)c1ccc(C2CCCCC2)cc1. The van der Waals surface area contributed by atoms with E-state index in [0.29, 0.717) is 35.8 Å². The largest absolute Gasteiger partial charge is 0.322 e. The summed E-state index contributed by atoms with van der Waals surface area (Å²) in [5.74, 6) is 0.666. The number of amides is 1. The fourth-order valence-corrected chi connectivity index (χ4v) is 5.75. The average molecular weight is 399 g/mol. The first-order valence-electron chi connectivity index (χ1n) is 10.0. The summed E-state index contributed by atoms with van der Waals surface area (Å²) in [5, 5.41) is 2.89. The molecule has 1 saturated heterocycles. The number of hydrogen-bond donors (Lipinski definition) is 1. The Labute approximate surface area is 166 Å². The lowest BCUT2D eigenvalue weighted by Crippen LogP contribution is -2.24. The van der Waals surface area contributed by atoms with Gasteiger partial charge in [-0.2, -0.15) is 0 Å². The van der Waals surface area contributed by atoms with Gasteiger partial charge in [0.15, 0.2) is 0 Å². The molecule has 1 aliphatic heterocycles. The molecule has 0 spiro atoms. The molecule has 4 rings (SSSR count). The quantitative estimate of drug-likeness (QED) is 0.823. The van der Waals surface area contributed by atoms with Crippen LogP contribution in [0.4, 0.5) is 11.4 Å². The van der Waals surface area contributed by atoms with Crippen molar-refractivity contribution in [1.82, 2.24) is 0 Å². The number of rotatable bonds is 4. The molecule has 0 bridgehead atoms. The zero-order valence-electron chi connectivity index (χ0n) is 15.9. The molecular formula is C22H26N2O3S. The summed E-state index contributed by atoms with van der Waals surface area (Å²) in [4.78, 5) is 12.5. The minimum absolute atomic E-state index is 0.156. The van der Waals surface area contributed by atoms with Crippen LogP contribution in [-0.4, -0.2) is 26.6 Å². The molecule has 148 valence electrons. The summed E-state index contributed by atoms with van der Waals surface area (Å²) in [6.07, 6.45) is 7.05. The first kappa shape index (κ1) is 19.0. The van der Waals surface area contributed by atoms with Crippen LogP contribution in [0.25, 0.3) is 0 Å². The van der Waals surface area contributed by atoms with Crippen LogP contribution < -0.4 is 9.62 Å². The van der Waals surface area contributed by atoms with E-state index in [-0.39, 0.29) is 11.7 Å². The normalized spacial score (nSPS) is 19.5. The molecule has 2 aromatic rings. The van der Waals surface area contributed by atoms with Crippen molar-refractivity contribution in [3.63, 3.8) is 0 Å². The molecule has 6 heteroatoms. The number of nitrogens with one attached hydrogen (secondary N) is 1. The lowest BCUT2D eigenvalue weighted by Gasteiger charge is -2.22. The zero-order valence-corrected chi connectivity index (χ0v) is 16.7. The van der Waals surface area contributed by atoms with Crippen molar-refractivity contribution in [3.05, 3.63) is 59.7 Å². The summed E-state index contributed by atoms with van der Waals surface area (Å²) in [6, 6.07) is 14.9. The lowest BCUT2D eigenvalue weighted by atomic mass is 9.84. The summed E-state index contributed by atoms with van der Waals surface area (Å²) >= 11 is 0. The van der Waals surface area contributed by atoms with Gasteiger partial charge >= 0.3 is 0 Å². The number of carbonyl (C=O) groups excluding carboxylic acids is 1. The molecule has 1 heterocycles.